The van der Waals surface area contributed by atoms with E-state index in [2.05, 4.69) is 21.2 Å². The van der Waals surface area contributed by atoms with Gasteiger partial charge in [0.25, 0.3) is 5.91 Å². The molecule has 0 saturated heterocycles. The minimum Gasteiger partial charge on any atom is -0.484 e. The third kappa shape index (κ3) is 8.25. The number of nitrogens with one attached hydrogen (secondary N) is 3. The SMILES string of the molecule is CC(C)NC(=O)C(=O)N/N=C\c1ccc(OCC(=O)NCc2ccccc2)cc1. The molecule has 29 heavy (non-hydrogen) atoms. The predicted octanol–water partition coefficient (Wildman–Crippen LogP) is 1.36. The molecule has 0 bridgehead atoms. The average molecular weight is 396 g/mol. The van der Waals surface area contributed by atoms with Crippen molar-refractivity contribution in [1.82, 2.24) is 16.1 Å². The molecule has 0 spiro atoms. The maximum Gasteiger partial charge on any atom is 0.329 e. The van der Waals surface area contributed by atoms with E-state index >= 15 is 0 Å². The van der Waals surface area contributed by atoms with Crippen molar-refractivity contribution in [3.8, 4) is 5.75 Å². The van der Waals surface area contributed by atoms with Crippen molar-refractivity contribution in [3.63, 3.8) is 0 Å². The number of rotatable bonds is 8. The standard InChI is InChI=1S/C21H24N4O4/c1-15(2)24-20(27)21(28)25-23-13-17-8-10-18(11-9-17)29-14-19(26)22-12-16-6-4-3-5-7-16/h3-11,13,15H,12,14H2,1-2H3,(H,22,26)(H,24,27)(H,25,28)/b23-13-. The molecule has 8 nitrogen and oxygen atoms in total. The predicted molar refractivity (Wildman–Crippen MR) is 109 cm³/mol. The molecule has 0 aliphatic rings. The Morgan fingerprint density at radius 3 is 2.34 bits per heavy atom. The highest BCUT2D eigenvalue weighted by Crippen LogP contribution is 2.11. The number of benzene rings is 2. The lowest BCUT2D eigenvalue weighted by Gasteiger charge is -2.08. The molecule has 0 aliphatic carbocycles. The fourth-order valence-corrected chi connectivity index (χ4v) is 2.19. The van der Waals surface area contributed by atoms with Gasteiger partial charge in [0.15, 0.2) is 6.61 Å². The number of amides is 3. The number of hydrazone groups is 1. The van der Waals surface area contributed by atoms with E-state index in [0.29, 0.717) is 17.9 Å². The van der Waals surface area contributed by atoms with E-state index in [-0.39, 0.29) is 18.6 Å². The first-order valence-electron chi connectivity index (χ1n) is 9.11. The van der Waals surface area contributed by atoms with Crippen LogP contribution in [0.3, 0.4) is 0 Å². The van der Waals surface area contributed by atoms with Crippen LogP contribution in [-0.4, -0.2) is 36.6 Å². The van der Waals surface area contributed by atoms with Crippen LogP contribution in [0.2, 0.25) is 0 Å². The van der Waals surface area contributed by atoms with Crippen molar-refractivity contribution in [2.45, 2.75) is 26.4 Å². The smallest absolute Gasteiger partial charge is 0.329 e. The fourth-order valence-electron chi connectivity index (χ4n) is 2.19. The van der Waals surface area contributed by atoms with Gasteiger partial charge in [0.05, 0.1) is 6.21 Å². The van der Waals surface area contributed by atoms with Gasteiger partial charge in [-0.2, -0.15) is 5.10 Å². The molecule has 152 valence electrons. The van der Waals surface area contributed by atoms with Gasteiger partial charge in [-0.15, -0.1) is 0 Å². The first-order chi connectivity index (χ1) is 13.9. The maximum absolute atomic E-state index is 11.9. The van der Waals surface area contributed by atoms with Crippen LogP contribution in [0.5, 0.6) is 5.75 Å². The number of hydrogen-bond acceptors (Lipinski definition) is 5. The van der Waals surface area contributed by atoms with Crippen LogP contribution >= 0.6 is 0 Å². The number of ether oxygens (including phenoxy) is 1. The first-order valence-corrected chi connectivity index (χ1v) is 9.11. The highest BCUT2D eigenvalue weighted by atomic mass is 16.5. The van der Waals surface area contributed by atoms with Gasteiger partial charge in [-0.3, -0.25) is 14.4 Å². The molecule has 0 heterocycles. The normalized spacial score (nSPS) is 10.6. The largest absolute Gasteiger partial charge is 0.484 e. The summed E-state index contributed by atoms with van der Waals surface area (Å²) in [6.07, 6.45) is 1.40. The summed E-state index contributed by atoms with van der Waals surface area (Å²) in [5.74, 6) is -1.28. The summed E-state index contributed by atoms with van der Waals surface area (Å²) in [5, 5.41) is 8.98. The fraction of sp³-hybridized carbons (Fsp3) is 0.238. The van der Waals surface area contributed by atoms with Gasteiger partial charge in [0, 0.05) is 12.6 Å². The Labute approximate surface area is 169 Å². The molecule has 0 atom stereocenters. The molecule has 0 fully saturated rings. The molecule has 3 N–H and O–H groups in total. The second-order valence-electron chi connectivity index (χ2n) is 6.45. The molecule has 0 radical (unpaired) electrons. The number of carbonyl (C=O) groups excluding carboxylic acids is 3. The zero-order valence-corrected chi connectivity index (χ0v) is 16.3. The quantitative estimate of drug-likeness (QED) is 0.356. The van der Waals surface area contributed by atoms with Gasteiger partial charge >= 0.3 is 11.8 Å². The van der Waals surface area contributed by atoms with Crippen molar-refractivity contribution in [1.29, 1.82) is 0 Å². The second kappa shape index (κ2) is 11.2. The monoisotopic (exact) mass is 396 g/mol. The van der Waals surface area contributed by atoms with Gasteiger partial charge in [-0.05, 0) is 49.2 Å². The molecular weight excluding hydrogens is 372 g/mol. The third-order valence-corrected chi connectivity index (χ3v) is 3.59. The summed E-state index contributed by atoms with van der Waals surface area (Å²) < 4.78 is 5.44. The van der Waals surface area contributed by atoms with Crippen LogP contribution in [0.1, 0.15) is 25.0 Å². The molecule has 0 saturated carbocycles. The lowest BCUT2D eigenvalue weighted by Crippen LogP contribution is -2.41. The lowest BCUT2D eigenvalue weighted by molar-refractivity contribution is -0.139. The van der Waals surface area contributed by atoms with Crippen LogP contribution in [-0.2, 0) is 20.9 Å². The van der Waals surface area contributed by atoms with E-state index in [1.807, 2.05) is 30.3 Å². The third-order valence-electron chi connectivity index (χ3n) is 3.59. The van der Waals surface area contributed by atoms with E-state index in [0.717, 1.165) is 5.56 Å². The van der Waals surface area contributed by atoms with E-state index in [9.17, 15) is 14.4 Å². The van der Waals surface area contributed by atoms with Crippen molar-refractivity contribution < 1.29 is 19.1 Å². The van der Waals surface area contributed by atoms with E-state index in [4.69, 9.17) is 4.74 Å². The van der Waals surface area contributed by atoms with Crippen molar-refractivity contribution in [2.75, 3.05) is 6.61 Å². The van der Waals surface area contributed by atoms with E-state index in [1.54, 1.807) is 38.1 Å². The van der Waals surface area contributed by atoms with Crippen LogP contribution in [0.25, 0.3) is 0 Å². The summed E-state index contributed by atoms with van der Waals surface area (Å²) in [6.45, 7) is 3.86. The van der Waals surface area contributed by atoms with Gasteiger partial charge in [-0.25, -0.2) is 5.43 Å². The van der Waals surface area contributed by atoms with Crippen LogP contribution in [0.4, 0.5) is 0 Å². The average Bonchev–Trinajstić information content (AvgIpc) is 2.71. The highest BCUT2D eigenvalue weighted by Gasteiger charge is 2.12. The van der Waals surface area contributed by atoms with E-state index in [1.165, 1.54) is 6.21 Å². The molecule has 0 unspecified atom stereocenters. The first kappa shape index (κ1) is 21.6. The van der Waals surface area contributed by atoms with E-state index < -0.39 is 11.8 Å². The highest BCUT2D eigenvalue weighted by molar-refractivity contribution is 6.35. The molecule has 2 aromatic rings. The molecule has 8 heteroatoms. The van der Waals surface area contributed by atoms with Crippen LogP contribution < -0.4 is 20.8 Å². The minimum atomic E-state index is -0.837. The Morgan fingerprint density at radius 1 is 1.00 bits per heavy atom. The van der Waals surface area contributed by atoms with Gasteiger partial charge < -0.3 is 15.4 Å². The van der Waals surface area contributed by atoms with Gasteiger partial charge in [-0.1, -0.05) is 30.3 Å². The zero-order chi connectivity index (χ0) is 21.1. The van der Waals surface area contributed by atoms with Gasteiger partial charge in [0.2, 0.25) is 0 Å². The zero-order valence-electron chi connectivity index (χ0n) is 16.3. The molecule has 3 amide bonds. The number of nitrogens with zero attached hydrogens (tertiary/aromatic N) is 1. The molecular formula is C21H24N4O4. The van der Waals surface area contributed by atoms with Crippen LogP contribution in [0, 0.1) is 0 Å². The number of carbonyl (C=O) groups is 3. The topological polar surface area (TPSA) is 109 Å². The van der Waals surface area contributed by atoms with Crippen molar-refractivity contribution >= 4 is 23.9 Å². The minimum absolute atomic E-state index is 0.0959. The molecule has 0 aliphatic heterocycles. The maximum atomic E-state index is 11.9. The summed E-state index contributed by atoms with van der Waals surface area (Å²) in [4.78, 5) is 34.8. The Bertz CT molecular complexity index is 849. The summed E-state index contributed by atoms with van der Waals surface area (Å²) >= 11 is 0. The summed E-state index contributed by atoms with van der Waals surface area (Å²) in [6, 6.07) is 16.2. The Balaban J connectivity index is 1.73. The summed E-state index contributed by atoms with van der Waals surface area (Å²) in [7, 11) is 0. The lowest BCUT2D eigenvalue weighted by atomic mass is 10.2. The molecule has 0 aromatic heterocycles. The summed E-state index contributed by atoms with van der Waals surface area (Å²) in [5.41, 5.74) is 3.86. The van der Waals surface area contributed by atoms with Gasteiger partial charge in [0.1, 0.15) is 5.75 Å². The van der Waals surface area contributed by atoms with Crippen LogP contribution in [0.15, 0.2) is 59.7 Å². The second-order valence-corrected chi connectivity index (χ2v) is 6.45. The Hall–Kier alpha value is -3.68. The molecule has 2 aromatic carbocycles. The van der Waals surface area contributed by atoms with Crippen molar-refractivity contribution in [2.24, 2.45) is 5.10 Å². The number of hydrogen-bond donors (Lipinski definition) is 3. The van der Waals surface area contributed by atoms with Crippen molar-refractivity contribution in [3.05, 3.63) is 65.7 Å². The molecule has 2 rings (SSSR count). The Morgan fingerprint density at radius 2 is 1.69 bits per heavy atom. The Kier molecular flexibility index (Phi) is 8.37.